The van der Waals surface area contributed by atoms with Crippen LogP contribution in [0.5, 0.6) is 5.75 Å². The van der Waals surface area contributed by atoms with Gasteiger partial charge in [-0.3, -0.25) is 9.59 Å². The number of benzene rings is 2. The molecule has 148 valence electrons. The lowest BCUT2D eigenvalue weighted by atomic mass is 10.1. The number of rotatable bonds is 5. The highest BCUT2D eigenvalue weighted by atomic mass is 35.5. The molecule has 1 heterocycles. The summed E-state index contributed by atoms with van der Waals surface area (Å²) in [6.45, 7) is 0.100. The summed E-state index contributed by atoms with van der Waals surface area (Å²) in [4.78, 5) is 27.5. The Balaban J connectivity index is 2.02. The lowest BCUT2D eigenvalue weighted by Crippen LogP contribution is -2.32. The zero-order valence-corrected chi connectivity index (χ0v) is 15.5. The molecule has 0 fully saturated rings. The van der Waals surface area contributed by atoms with E-state index >= 15 is 0 Å². The second kappa shape index (κ2) is 7.71. The van der Waals surface area contributed by atoms with E-state index in [9.17, 15) is 22.8 Å². The smallest absolute Gasteiger partial charge is 0.405 e. The highest BCUT2D eigenvalue weighted by Crippen LogP contribution is 2.34. The first-order valence-electron chi connectivity index (χ1n) is 8.28. The zero-order chi connectivity index (χ0) is 20.5. The summed E-state index contributed by atoms with van der Waals surface area (Å²) in [7, 11) is 1.63. The van der Waals surface area contributed by atoms with Crippen LogP contribution in [-0.2, 0) is 17.9 Å². The minimum atomic E-state index is -4.86. The number of amides is 2. The van der Waals surface area contributed by atoms with Crippen LogP contribution in [0.3, 0.4) is 0 Å². The SMILES string of the molecule is CN1Cc2c(cccc2N(Cc2ccccc2OC(F)(F)F)C(=O)CCl)C1=O. The van der Waals surface area contributed by atoms with Gasteiger partial charge < -0.3 is 14.5 Å². The summed E-state index contributed by atoms with van der Waals surface area (Å²) in [5.74, 6) is -1.45. The van der Waals surface area contributed by atoms with Gasteiger partial charge in [-0.15, -0.1) is 24.8 Å². The Labute approximate surface area is 164 Å². The molecule has 2 amide bonds. The molecule has 0 saturated heterocycles. The molecule has 0 saturated carbocycles. The molecule has 0 spiro atoms. The lowest BCUT2D eigenvalue weighted by molar-refractivity contribution is -0.274. The number of anilines is 1. The topological polar surface area (TPSA) is 49.9 Å². The third kappa shape index (κ3) is 4.06. The Morgan fingerprint density at radius 3 is 2.61 bits per heavy atom. The van der Waals surface area contributed by atoms with Crippen LogP contribution >= 0.6 is 11.6 Å². The molecule has 0 unspecified atom stereocenters. The van der Waals surface area contributed by atoms with E-state index in [1.807, 2.05) is 0 Å². The number of hydrogen-bond acceptors (Lipinski definition) is 3. The van der Waals surface area contributed by atoms with Crippen molar-refractivity contribution >= 4 is 29.1 Å². The second-order valence-electron chi connectivity index (χ2n) is 6.23. The van der Waals surface area contributed by atoms with Gasteiger partial charge in [0, 0.05) is 36.0 Å². The molecular formula is C19H16ClF3N2O3. The molecule has 1 aliphatic rings. The number of carbonyl (C=O) groups excluding carboxylic acids is 2. The number of carbonyl (C=O) groups is 2. The molecule has 0 aliphatic carbocycles. The molecule has 0 N–H and O–H groups in total. The fourth-order valence-corrected chi connectivity index (χ4v) is 3.26. The summed E-state index contributed by atoms with van der Waals surface area (Å²) in [5, 5.41) is 0. The van der Waals surface area contributed by atoms with E-state index in [2.05, 4.69) is 4.74 Å². The molecule has 0 radical (unpaired) electrons. The fraction of sp³-hybridized carbons (Fsp3) is 0.263. The van der Waals surface area contributed by atoms with Crippen molar-refractivity contribution < 1.29 is 27.5 Å². The Morgan fingerprint density at radius 1 is 1.21 bits per heavy atom. The highest BCUT2D eigenvalue weighted by Gasteiger charge is 2.33. The summed E-state index contributed by atoms with van der Waals surface area (Å²) in [6, 6.07) is 10.5. The van der Waals surface area contributed by atoms with Crippen LogP contribution in [0.1, 0.15) is 21.5 Å². The maximum absolute atomic E-state index is 12.7. The summed E-state index contributed by atoms with van der Waals surface area (Å²) < 4.78 is 42.2. The third-order valence-corrected chi connectivity index (χ3v) is 4.59. The summed E-state index contributed by atoms with van der Waals surface area (Å²) in [5.41, 5.74) is 1.67. The van der Waals surface area contributed by atoms with Crippen molar-refractivity contribution in [2.24, 2.45) is 0 Å². The Kier molecular flexibility index (Phi) is 5.51. The van der Waals surface area contributed by atoms with Crippen molar-refractivity contribution in [2.75, 3.05) is 17.8 Å². The van der Waals surface area contributed by atoms with Crippen molar-refractivity contribution in [1.29, 1.82) is 0 Å². The molecular weight excluding hydrogens is 397 g/mol. The maximum Gasteiger partial charge on any atom is 0.573 e. The molecule has 2 aromatic rings. The summed E-state index contributed by atoms with van der Waals surface area (Å²) in [6.07, 6.45) is -4.86. The number of hydrogen-bond donors (Lipinski definition) is 0. The largest absolute Gasteiger partial charge is 0.573 e. The molecule has 28 heavy (non-hydrogen) atoms. The predicted molar refractivity (Wildman–Crippen MR) is 97.3 cm³/mol. The molecule has 9 heteroatoms. The van der Waals surface area contributed by atoms with E-state index in [0.29, 0.717) is 16.8 Å². The van der Waals surface area contributed by atoms with E-state index in [4.69, 9.17) is 11.6 Å². The molecule has 2 aromatic carbocycles. The van der Waals surface area contributed by atoms with E-state index < -0.39 is 18.0 Å². The molecule has 5 nitrogen and oxygen atoms in total. The van der Waals surface area contributed by atoms with Gasteiger partial charge in [-0.2, -0.15) is 0 Å². The van der Waals surface area contributed by atoms with Crippen LogP contribution < -0.4 is 9.64 Å². The monoisotopic (exact) mass is 412 g/mol. The van der Waals surface area contributed by atoms with E-state index in [0.717, 1.165) is 0 Å². The van der Waals surface area contributed by atoms with Crippen LogP contribution in [-0.4, -0.2) is 36.0 Å². The number of ether oxygens (including phenoxy) is 1. The van der Waals surface area contributed by atoms with Gasteiger partial charge in [-0.25, -0.2) is 0 Å². The third-order valence-electron chi connectivity index (χ3n) is 4.36. The average molecular weight is 413 g/mol. The van der Waals surface area contributed by atoms with Gasteiger partial charge in [0.15, 0.2) is 0 Å². The van der Waals surface area contributed by atoms with E-state index in [-0.39, 0.29) is 30.4 Å². The van der Waals surface area contributed by atoms with Gasteiger partial charge in [0.1, 0.15) is 11.6 Å². The van der Waals surface area contributed by atoms with Crippen LogP contribution in [0.25, 0.3) is 0 Å². The molecule has 1 aliphatic heterocycles. The Bertz CT molecular complexity index is 918. The first-order chi connectivity index (χ1) is 13.2. The minimum absolute atomic E-state index is 0.161. The quantitative estimate of drug-likeness (QED) is 0.699. The maximum atomic E-state index is 12.7. The van der Waals surface area contributed by atoms with Gasteiger partial charge in [0.05, 0.1) is 6.54 Å². The first kappa shape index (κ1) is 20.0. The number of nitrogens with zero attached hydrogens (tertiary/aromatic N) is 2. The molecule has 0 atom stereocenters. The Morgan fingerprint density at radius 2 is 1.93 bits per heavy atom. The number of alkyl halides is 4. The molecule has 3 rings (SSSR count). The van der Waals surface area contributed by atoms with Crippen molar-refractivity contribution in [3.8, 4) is 5.75 Å². The van der Waals surface area contributed by atoms with Gasteiger partial charge in [-0.1, -0.05) is 24.3 Å². The van der Waals surface area contributed by atoms with Crippen molar-refractivity contribution in [2.45, 2.75) is 19.5 Å². The van der Waals surface area contributed by atoms with Gasteiger partial charge in [0.25, 0.3) is 5.91 Å². The van der Waals surface area contributed by atoms with E-state index in [1.165, 1.54) is 28.0 Å². The van der Waals surface area contributed by atoms with Crippen molar-refractivity contribution in [3.63, 3.8) is 0 Å². The van der Waals surface area contributed by atoms with E-state index in [1.54, 1.807) is 31.3 Å². The van der Waals surface area contributed by atoms with Crippen LogP contribution in [0.2, 0.25) is 0 Å². The van der Waals surface area contributed by atoms with Gasteiger partial charge >= 0.3 is 6.36 Å². The number of para-hydroxylation sites is 1. The van der Waals surface area contributed by atoms with Crippen molar-refractivity contribution in [1.82, 2.24) is 4.90 Å². The zero-order valence-electron chi connectivity index (χ0n) is 14.8. The number of halogens is 4. The normalized spacial score (nSPS) is 13.5. The van der Waals surface area contributed by atoms with Crippen LogP contribution in [0.15, 0.2) is 42.5 Å². The second-order valence-corrected chi connectivity index (χ2v) is 6.50. The minimum Gasteiger partial charge on any atom is -0.405 e. The number of fused-ring (bicyclic) bond motifs is 1. The highest BCUT2D eigenvalue weighted by molar-refractivity contribution is 6.29. The van der Waals surface area contributed by atoms with Crippen LogP contribution in [0.4, 0.5) is 18.9 Å². The first-order valence-corrected chi connectivity index (χ1v) is 8.82. The van der Waals surface area contributed by atoms with Gasteiger partial charge in [0.2, 0.25) is 5.91 Å². The fourth-order valence-electron chi connectivity index (χ4n) is 3.12. The van der Waals surface area contributed by atoms with Crippen LogP contribution in [0, 0.1) is 0 Å². The van der Waals surface area contributed by atoms with Crippen molar-refractivity contribution in [3.05, 3.63) is 59.2 Å². The standard InChI is InChI=1S/C19H16ClF3N2O3/c1-24-11-14-13(18(24)27)6-4-7-15(14)25(17(26)9-20)10-12-5-2-3-8-16(12)28-19(21,22)23/h2-8H,9-11H2,1H3. The average Bonchev–Trinajstić information content (AvgIpc) is 2.94. The summed E-state index contributed by atoms with van der Waals surface area (Å²) >= 11 is 5.74. The predicted octanol–water partition coefficient (Wildman–Crippen LogP) is 3.94. The Hall–Kier alpha value is -2.74. The lowest BCUT2D eigenvalue weighted by Gasteiger charge is -2.25. The molecule has 0 bridgehead atoms. The van der Waals surface area contributed by atoms with Gasteiger partial charge in [-0.05, 0) is 18.2 Å². The molecule has 0 aromatic heterocycles.